The van der Waals surface area contributed by atoms with Gasteiger partial charge in [0.15, 0.2) is 0 Å². The molecule has 0 atom stereocenters. The fourth-order valence-electron chi connectivity index (χ4n) is 3.55. The Morgan fingerprint density at radius 1 is 1.29 bits per heavy atom. The molecular weight excluding hydrogens is 262 g/mol. The van der Waals surface area contributed by atoms with Crippen molar-refractivity contribution < 1.29 is 4.74 Å². The molecule has 0 bridgehead atoms. The van der Waals surface area contributed by atoms with Crippen LogP contribution in [0.1, 0.15) is 32.6 Å². The maximum Gasteiger partial charge on any atom is 0.201 e. The van der Waals surface area contributed by atoms with Gasteiger partial charge >= 0.3 is 0 Å². The number of hydrogen-bond donors (Lipinski definition) is 1. The van der Waals surface area contributed by atoms with Crippen molar-refractivity contribution in [2.45, 2.75) is 39.2 Å². The number of ether oxygens (including phenoxy) is 1. The van der Waals surface area contributed by atoms with E-state index in [9.17, 15) is 0 Å². The van der Waals surface area contributed by atoms with Crippen LogP contribution in [-0.4, -0.2) is 16.2 Å². The number of imidazole rings is 1. The van der Waals surface area contributed by atoms with Gasteiger partial charge in [-0.1, -0.05) is 6.07 Å². The van der Waals surface area contributed by atoms with Crippen molar-refractivity contribution in [3.63, 3.8) is 0 Å². The maximum absolute atomic E-state index is 6.20. The second-order valence-electron chi connectivity index (χ2n) is 6.48. The zero-order valence-electron chi connectivity index (χ0n) is 12.6. The molecule has 112 valence electrons. The topological polar surface area (TPSA) is 53.1 Å². The SMILES string of the molecule is CCOc1cccc2c1nc(N)n2CC(C1CC1)C1CC1. The summed E-state index contributed by atoms with van der Waals surface area (Å²) in [6.07, 6.45) is 5.60. The van der Waals surface area contributed by atoms with E-state index in [4.69, 9.17) is 10.5 Å². The number of nitrogen functional groups attached to an aromatic ring is 1. The molecule has 4 rings (SSSR count). The van der Waals surface area contributed by atoms with Gasteiger partial charge in [0.05, 0.1) is 12.1 Å². The molecule has 2 N–H and O–H groups in total. The largest absolute Gasteiger partial charge is 0.492 e. The lowest BCUT2D eigenvalue weighted by Gasteiger charge is -2.17. The standard InChI is InChI=1S/C17H23N3O/c1-2-21-15-5-3-4-14-16(15)19-17(18)20(14)10-13(11-6-7-11)12-8-9-12/h3-5,11-13H,2,6-10H2,1H3,(H2,18,19). The van der Waals surface area contributed by atoms with Gasteiger partial charge in [-0.25, -0.2) is 4.98 Å². The predicted octanol–water partition coefficient (Wildman–Crippen LogP) is 3.45. The third-order valence-corrected chi connectivity index (χ3v) is 4.92. The average molecular weight is 285 g/mol. The lowest BCUT2D eigenvalue weighted by atomic mass is 9.98. The first-order chi connectivity index (χ1) is 10.3. The van der Waals surface area contributed by atoms with Crippen LogP contribution in [0, 0.1) is 17.8 Å². The molecule has 2 fully saturated rings. The minimum absolute atomic E-state index is 0.628. The smallest absolute Gasteiger partial charge is 0.201 e. The van der Waals surface area contributed by atoms with Crippen LogP contribution in [-0.2, 0) is 6.54 Å². The number of benzene rings is 1. The zero-order chi connectivity index (χ0) is 14.4. The second-order valence-corrected chi connectivity index (χ2v) is 6.48. The molecular formula is C17H23N3O. The highest BCUT2D eigenvalue weighted by atomic mass is 16.5. The highest BCUT2D eigenvalue weighted by molar-refractivity contribution is 5.84. The molecule has 1 aromatic carbocycles. The Bertz CT molecular complexity index is 643. The summed E-state index contributed by atoms with van der Waals surface area (Å²) >= 11 is 0. The number of fused-ring (bicyclic) bond motifs is 1. The molecule has 0 unspecified atom stereocenters. The van der Waals surface area contributed by atoms with E-state index in [1.165, 1.54) is 25.7 Å². The van der Waals surface area contributed by atoms with Gasteiger partial charge in [0.1, 0.15) is 11.3 Å². The Morgan fingerprint density at radius 2 is 2.00 bits per heavy atom. The third kappa shape index (κ3) is 2.37. The van der Waals surface area contributed by atoms with Crippen LogP contribution < -0.4 is 10.5 Å². The highest BCUT2D eigenvalue weighted by Gasteiger charge is 2.41. The van der Waals surface area contributed by atoms with E-state index in [0.717, 1.165) is 41.1 Å². The second kappa shape index (κ2) is 4.93. The van der Waals surface area contributed by atoms with Gasteiger partial charge in [-0.15, -0.1) is 0 Å². The summed E-state index contributed by atoms with van der Waals surface area (Å²) in [6.45, 7) is 3.67. The van der Waals surface area contributed by atoms with Crippen LogP contribution in [0.5, 0.6) is 5.75 Å². The summed E-state index contributed by atoms with van der Waals surface area (Å²) < 4.78 is 7.89. The van der Waals surface area contributed by atoms with Crippen LogP contribution in [0.3, 0.4) is 0 Å². The summed E-state index contributed by atoms with van der Waals surface area (Å²) in [5, 5.41) is 0. The molecule has 0 aliphatic heterocycles. The molecule has 2 aliphatic rings. The molecule has 1 heterocycles. The lowest BCUT2D eigenvalue weighted by Crippen LogP contribution is -2.16. The molecule has 2 aliphatic carbocycles. The number of aromatic nitrogens is 2. The molecule has 2 aromatic rings. The number of hydrogen-bond acceptors (Lipinski definition) is 3. The fraction of sp³-hybridized carbons (Fsp3) is 0.588. The van der Waals surface area contributed by atoms with Crippen molar-refractivity contribution in [2.75, 3.05) is 12.3 Å². The van der Waals surface area contributed by atoms with E-state index in [1.54, 1.807) is 0 Å². The first kappa shape index (κ1) is 13.0. The Hall–Kier alpha value is -1.71. The van der Waals surface area contributed by atoms with Gasteiger partial charge in [0, 0.05) is 6.54 Å². The number of para-hydroxylation sites is 1. The zero-order valence-corrected chi connectivity index (χ0v) is 12.6. The van der Waals surface area contributed by atoms with Crippen LogP contribution in [0.15, 0.2) is 18.2 Å². The average Bonchev–Trinajstić information content (AvgIpc) is 3.36. The van der Waals surface area contributed by atoms with Gasteiger partial charge in [-0.05, 0) is 62.5 Å². The highest BCUT2D eigenvalue weighted by Crippen LogP contribution is 2.50. The van der Waals surface area contributed by atoms with Gasteiger partial charge < -0.3 is 15.0 Å². The quantitative estimate of drug-likeness (QED) is 0.884. The van der Waals surface area contributed by atoms with Gasteiger partial charge in [-0.2, -0.15) is 0 Å². The first-order valence-corrected chi connectivity index (χ1v) is 8.15. The van der Waals surface area contributed by atoms with Crippen molar-refractivity contribution in [2.24, 2.45) is 17.8 Å². The first-order valence-electron chi connectivity index (χ1n) is 8.15. The van der Waals surface area contributed by atoms with E-state index >= 15 is 0 Å². The van der Waals surface area contributed by atoms with Crippen molar-refractivity contribution >= 4 is 17.0 Å². The molecule has 2 saturated carbocycles. The van der Waals surface area contributed by atoms with Gasteiger partial charge in [-0.3, -0.25) is 0 Å². The third-order valence-electron chi connectivity index (χ3n) is 4.92. The van der Waals surface area contributed by atoms with Crippen LogP contribution in [0.25, 0.3) is 11.0 Å². The number of nitrogens with zero attached hydrogens (tertiary/aromatic N) is 2. The monoisotopic (exact) mass is 285 g/mol. The van der Waals surface area contributed by atoms with Crippen LogP contribution >= 0.6 is 0 Å². The molecule has 0 radical (unpaired) electrons. The number of rotatable bonds is 6. The Labute approximate surface area is 125 Å². The summed E-state index contributed by atoms with van der Waals surface area (Å²) in [6, 6.07) is 6.12. The Kier molecular flexibility index (Phi) is 3.05. The molecule has 4 heteroatoms. The fourth-order valence-corrected chi connectivity index (χ4v) is 3.55. The molecule has 0 spiro atoms. The molecule has 0 amide bonds. The molecule has 21 heavy (non-hydrogen) atoms. The van der Waals surface area contributed by atoms with E-state index in [1.807, 2.05) is 19.1 Å². The Morgan fingerprint density at radius 3 is 2.62 bits per heavy atom. The van der Waals surface area contributed by atoms with Crippen molar-refractivity contribution in [3.8, 4) is 5.75 Å². The summed E-state index contributed by atoms with van der Waals surface area (Å²) in [5.74, 6) is 4.10. The lowest BCUT2D eigenvalue weighted by molar-refractivity contribution is 0.343. The van der Waals surface area contributed by atoms with Crippen molar-refractivity contribution in [1.82, 2.24) is 9.55 Å². The van der Waals surface area contributed by atoms with Crippen molar-refractivity contribution in [1.29, 1.82) is 0 Å². The predicted molar refractivity (Wildman–Crippen MR) is 84.3 cm³/mol. The minimum atomic E-state index is 0.628. The van der Waals surface area contributed by atoms with E-state index < -0.39 is 0 Å². The van der Waals surface area contributed by atoms with E-state index in [2.05, 4.69) is 15.6 Å². The Balaban J connectivity index is 1.70. The normalized spacial score (nSPS) is 18.6. The number of anilines is 1. The van der Waals surface area contributed by atoms with E-state index in [-0.39, 0.29) is 0 Å². The maximum atomic E-state index is 6.20. The minimum Gasteiger partial charge on any atom is -0.492 e. The van der Waals surface area contributed by atoms with Gasteiger partial charge in [0.2, 0.25) is 5.95 Å². The van der Waals surface area contributed by atoms with Crippen molar-refractivity contribution in [3.05, 3.63) is 18.2 Å². The van der Waals surface area contributed by atoms with E-state index in [0.29, 0.717) is 12.6 Å². The summed E-state index contributed by atoms with van der Waals surface area (Å²) in [7, 11) is 0. The van der Waals surface area contributed by atoms with Crippen LogP contribution in [0.2, 0.25) is 0 Å². The molecule has 1 aromatic heterocycles. The molecule has 4 nitrogen and oxygen atoms in total. The number of nitrogens with two attached hydrogens (primary N) is 1. The van der Waals surface area contributed by atoms with Crippen LogP contribution in [0.4, 0.5) is 5.95 Å². The molecule has 0 saturated heterocycles. The summed E-state index contributed by atoms with van der Waals surface area (Å²) in [5.41, 5.74) is 8.22. The summed E-state index contributed by atoms with van der Waals surface area (Å²) in [4.78, 5) is 4.56. The van der Waals surface area contributed by atoms with Gasteiger partial charge in [0.25, 0.3) is 0 Å².